The number of anilines is 1. The minimum atomic E-state index is -3.52. The fourth-order valence-electron chi connectivity index (χ4n) is 0.824. The Bertz CT molecular complexity index is 425. The van der Waals surface area contributed by atoms with E-state index in [1.165, 1.54) is 25.5 Å². The van der Waals surface area contributed by atoms with E-state index < -0.39 is 9.84 Å². The summed E-state index contributed by atoms with van der Waals surface area (Å²) >= 11 is 0. The third-order valence-corrected chi connectivity index (χ3v) is 2.81. The van der Waals surface area contributed by atoms with Crippen molar-refractivity contribution in [2.24, 2.45) is 4.99 Å². The fraction of sp³-hybridized carbons (Fsp3) is 0.143. The third-order valence-electron chi connectivity index (χ3n) is 1.37. The minimum absolute atomic E-state index is 0.0133. The van der Waals surface area contributed by atoms with Crippen molar-refractivity contribution in [2.45, 2.75) is 4.90 Å². The number of nitrogens with two attached hydrogens (primary N) is 1. The second-order valence-corrected chi connectivity index (χ2v) is 4.06. The summed E-state index contributed by atoms with van der Waals surface area (Å²) in [7, 11) is -2.14. The van der Waals surface area contributed by atoms with E-state index in [1.54, 1.807) is 0 Å². The van der Waals surface area contributed by atoms with Gasteiger partial charge in [0.2, 0.25) is 9.84 Å². The largest absolute Gasteiger partial charge is 0.398 e. The van der Waals surface area contributed by atoms with Crippen LogP contribution >= 0.6 is 0 Å². The molecule has 0 fully saturated rings. The SMILES string of the molecule is CN=CS(=O)(=O)c1cnccc1N. The zero-order chi connectivity index (χ0) is 9.90. The number of aliphatic imine (C=N–C) groups is 1. The quantitative estimate of drug-likeness (QED) is 0.540. The first-order chi connectivity index (χ1) is 6.08. The molecule has 1 aromatic heterocycles. The van der Waals surface area contributed by atoms with Gasteiger partial charge in [-0.2, -0.15) is 0 Å². The van der Waals surface area contributed by atoms with Crippen LogP contribution in [0, 0.1) is 0 Å². The lowest BCUT2D eigenvalue weighted by molar-refractivity contribution is 0.608. The Labute approximate surface area is 76.2 Å². The van der Waals surface area contributed by atoms with Crippen LogP contribution in [-0.2, 0) is 9.84 Å². The number of sulfone groups is 1. The summed E-state index contributed by atoms with van der Waals surface area (Å²) in [5.74, 6) is 0. The van der Waals surface area contributed by atoms with Crippen molar-refractivity contribution in [3.63, 3.8) is 0 Å². The summed E-state index contributed by atoms with van der Waals surface area (Å²) < 4.78 is 22.8. The first-order valence-corrected chi connectivity index (χ1v) is 4.99. The molecule has 0 aromatic carbocycles. The van der Waals surface area contributed by atoms with Crippen molar-refractivity contribution in [3.8, 4) is 0 Å². The molecule has 1 rings (SSSR count). The van der Waals surface area contributed by atoms with Gasteiger partial charge in [-0.25, -0.2) is 8.42 Å². The summed E-state index contributed by atoms with van der Waals surface area (Å²) in [6, 6.07) is 1.43. The van der Waals surface area contributed by atoms with Crippen molar-refractivity contribution >= 4 is 21.1 Å². The highest BCUT2D eigenvalue weighted by molar-refractivity contribution is 8.04. The number of hydrogen-bond acceptors (Lipinski definition) is 5. The Kier molecular flexibility index (Phi) is 2.62. The lowest BCUT2D eigenvalue weighted by atomic mass is 10.4. The van der Waals surface area contributed by atoms with Crippen LogP contribution in [-0.4, -0.2) is 26.0 Å². The Morgan fingerprint density at radius 2 is 2.31 bits per heavy atom. The molecular weight excluding hydrogens is 190 g/mol. The number of nitrogens with zero attached hydrogens (tertiary/aromatic N) is 2. The Morgan fingerprint density at radius 3 is 2.85 bits per heavy atom. The molecule has 0 atom stereocenters. The molecule has 0 unspecified atom stereocenters. The molecule has 1 heterocycles. The van der Waals surface area contributed by atoms with Crippen LogP contribution in [0.15, 0.2) is 28.3 Å². The highest BCUT2D eigenvalue weighted by Gasteiger charge is 2.14. The third kappa shape index (κ3) is 2.03. The maximum absolute atomic E-state index is 11.4. The van der Waals surface area contributed by atoms with Gasteiger partial charge in [0.15, 0.2) is 0 Å². The lowest BCUT2D eigenvalue weighted by Crippen LogP contribution is -2.06. The first kappa shape index (κ1) is 9.66. The molecule has 5 nitrogen and oxygen atoms in total. The van der Waals surface area contributed by atoms with Crippen LogP contribution in [0.3, 0.4) is 0 Å². The molecule has 0 radical (unpaired) electrons. The van der Waals surface area contributed by atoms with E-state index in [9.17, 15) is 8.42 Å². The molecule has 0 aliphatic carbocycles. The topological polar surface area (TPSA) is 85.4 Å². The van der Waals surface area contributed by atoms with Crippen LogP contribution < -0.4 is 5.73 Å². The van der Waals surface area contributed by atoms with E-state index in [-0.39, 0.29) is 10.6 Å². The molecule has 0 aliphatic rings. The van der Waals surface area contributed by atoms with Gasteiger partial charge < -0.3 is 5.73 Å². The second-order valence-electron chi connectivity index (χ2n) is 2.32. The predicted molar refractivity (Wildman–Crippen MR) is 50.3 cm³/mol. The molecule has 0 saturated carbocycles. The van der Waals surface area contributed by atoms with Crippen LogP contribution in [0.5, 0.6) is 0 Å². The molecule has 13 heavy (non-hydrogen) atoms. The summed E-state index contributed by atoms with van der Waals surface area (Å²) in [6.07, 6.45) is 2.63. The Morgan fingerprint density at radius 1 is 1.62 bits per heavy atom. The molecule has 0 spiro atoms. The Balaban J connectivity index is 3.31. The number of rotatable bonds is 2. The van der Waals surface area contributed by atoms with Gasteiger partial charge >= 0.3 is 0 Å². The van der Waals surface area contributed by atoms with E-state index >= 15 is 0 Å². The van der Waals surface area contributed by atoms with Crippen LogP contribution in [0.25, 0.3) is 0 Å². The zero-order valence-corrected chi connectivity index (χ0v) is 7.82. The number of hydrogen-bond donors (Lipinski definition) is 1. The van der Waals surface area contributed by atoms with E-state index in [0.717, 1.165) is 5.55 Å². The smallest absolute Gasteiger partial charge is 0.220 e. The van der Waals surface area contributed by atoms with E-state index in [2.05, 4.69) is 9.98 Å². The number of pyridine rings is 1. The highest BCUT2D eigenvalue weighted by Crippen LogP contribution is 2.15. The van der Waals surface area contributed by atoms with E-state index in [1.807, 2.05) is 0 Å². The van der Waals surface area contributed by atoms with Gasteiger partial charge in [-0.1, -0.05) is 0 Å². The molecule has 0 aliphatic heterocycles. The highest BCUT2D eigenvalue weighted by atomic mass is 32.2. The molecule has 70 valence electrons. The lowest BCUT2D eigenvalue weighted by Gasteiger charge is -2.00. The van der Waals surface area contributed by atoms with Crippen LogP contribution in [0.2, 0.25) is 0 Å². The maximum atomic E-state index is 11.4. The average Bonchev–Trinajstić information content (AvgIpc) is 2.04. The van der Waals surface area contributed by atoms with Crippen molar-refractivity contribution in [3.05, 3.63) is 18.5 Å². The summed E-state index contributed by atoms with van der Waals surface area (Å²) in [6.45, 7) is 0. The van der Waals surface area contributed by atoms with Gasteiger partial charge in [0.05, 0.1) is 5.69 Å². The standard InChI is InChI=1S/C7H9N3O2S/c1-9-5-13(11,12)7-4-10-3-2-6(7)8/h2-5H,1H3,(H2,8,10). The van der Waals surface area contributed by atoms with Gasteiger partial charge in [0, 0.05) is 19.4 Å². The maximum Gasteiger partial charge on any atom is 0.220 e. The summed E-state index contributed by atoms with van der Waals surface area (Å²) in [5.41, 5.74) is 6.48. The van der Waals surface area contributed by atoms with E-state index in [0.29, 0.717) is 0 Å². The molecule has 0 bridgehead atoms. The van der Waals surface area contributed by atoms with E-state index in [4.69, 9.17) is 5.73 Å². The van der Waals surface area contributed by atoms with Crippen molar-refractivity contribution in [1.82, 2.24) is 4.98 Å². The average molecular weight is 199 g/mol. The van der Waals surface area contributed by atoms with Gasteiger partial charge in [-0.3, -0.25) is 9.98 Å². The summed E-state index contributed by atoms with van der Waals surface area (Å²) in [5, 5.41) is 0. The minimum Gasteiger partial charge on any atom is -0.398 e. The summed E-state index contributed by atoms with van der Waals surface area (Å²) in [4.78, 5) is 7.09. The first-order valence-electron chi connectivity index (χ1n) is 3.44. The van der Waals surface area contributed by atoms with Crippen molar-refractivity contribution in [2.75, 3.05) is 12.8 Å². The van der Waals surface area contributed by atoms with Gasteiger partial charge in [-0.15, -0.1) is 0 Å². The van der Waals surface area contributed by atoms with Crippen LogP contribution in [0.4, 0.5) is 5.69 Å². The number of nitrogen functional groups attached to an aromatic ring is 1. The Hall–Kier alpha value is -1.43. The fourth-order valence-corrected chi connectivity index (χ4v) is 1.82. The molecule has 1 aromatic rings. The predicted octanol–water partition coefficient (Wildman–Crippen LogP) is 0.0956. The molecule has 0 saturated heterocycles. The number of aromatic nitrogens is 1. The van der Waals surface area contributed by atoms with Crippen molar-refractivity contribution in [1.29, 1.82) is 0 Å². The monoisotopic (exact) mass is 199 g/mol. The van der Waals surface area contributed by atoms with Gasteiger partial charge in [-0.05, 0) is 6.07 Å². The normalized spacial score (nSPS) is 12.1. The van der Waals surface area contributed by atoms with Crippen LogP contribution in [0.1, 0.15) is 0 Å². The molecular formula is C7H9N3O2S. The molecule has 2 N–H and O–H groups in total. The molecule has 6 heteroatoms. The molecule has 0 amide bonds. The van der Waals surface area contributed by atoms with Gasteiger partial charge in [0.25, 0.3) is 0 Å². The van der Waals surface area contributed by atoms with Gasteiger partial charge in [0.1, 0.15) is 10.4 Å². The second kappa shape index (κ2) is 3.53. The van der Waals surface area contributed by atoms with Crippen molar-refractivity contribution < 1.29 is 8.42 Å². The zero-order valence-electron chi connectivity index (χ0n) is 7.01.